The first-order chi connectivity index (χ1) is 7.21. The van der Waals surface area contributed by atoms with Crippen molar-refractivity contribution in [2.75, 3.05) is 0 Å². The van der Waals surface area contributed by atoms with E-state index in [0.29, 0.717) is 5.56 Å². The van der Waals surface area contributed by atoms with Crippen LogP contribution < -0.4 is 11.3 Å². The smallest absolute Gasteiger partial charge is 0.326 e. The van der Waals surface area contributed by atoms with Crippen LogP contribution in [0.25, 0.3) is 0 Å². The third-order valence-corrected chi connectivity index (χ3v) is 2.91. The highest BCUT2D eigenvalue weighted by atomic mass is 35.5. The highest BCUT2D eigenvalue weighted by Crippen LogP contribution is 2.28. The van der Waals surface area contributed by atoms with E-state index in [2.05, 4.69) is 0 Å². The van der Waals surface area contributed by atoms with Gasteiger partial charge in [0.15, 0.2) is 0 Å². The molecule has 2 N–H and O–H groups in total. The van der Waals surface area contributed by atoms with E-state index in [9.17, 15) is 18.0 Å². The zero-order valence-corrected chi connectivity index (χ0v) is 9.41. The van der Waals surface area contributed by atoms with Crippen LogP contribution in [0.5, 0.6) is 0 Å². The van der Waals surface area contributed by atoms with E-state index in [0.717, 1.165) is 6.92 Å². The maximum Gasteiger partial charge on any atom is 0.491 e. The fraction of sp³-hybridized carbons (Fsp3) is 0.444. The molecule has 0 aliphatic rings. The van der Waals surface area contributed by atoms with Crippen molar-refractivity contribution < 1.29 is 13.2 Å². The second-order valence-corrected chi connectivity index (χ2v) is 3.69. The summed E-state index contributed by atoms with van der Waals surface area (Å²) in [7, 11) is 0. The molecule has 0 bridgehead atoms. The first-order valence-electron chi connectivity index (χ1n) is 4.39. The molecule has 7 heteroatoms. The number of nitrogens with two attached hydrogens (primary N) is 1. The maximum atomic E-state index is 12.6. The summed E-state index contributed by atoms with van der Waals surface area (Å²) < 4.78 is 37.5. The Labute approximate surface area is 94.6 Å². The summed E-state index contributed by atoms with van der Waals surface area (Å²) >= 11 is 5.73. The van der Waals surface area contributed by atoms with Crippen molar-refractivity contribution in [2.24, 2.45) is 5.73 Å². The normalized spacial score (nSPS) is 11.9. The van der Waals surface area contributed by atoms with Gasteiger partial charge in [0, 0.05) is 17.8 Å². The standard InChI is InChI=1S/C9H10ClF3N2O/c1-4-6(3-14)8(16)15(9(11,12)13)5(2)7(4)10/h3,14H2,1-2H3. The van der Waals surface area contributed by atoms with Crippen molar-refractivity contribution in [3.05, 3.63) is 32.2 Å². The van der Waals surface area contributed by atoms with Gasteiger partial charge in [0.05, 0.1) is 5.02 Å². The molecule has 0 atom stereocenters. The molecule has 0 radical (unpaired) electrons. The fourth-order valence-corrected chi connectivity index (χ4v) is 1.69. The highest BCUT2D eigenvalue weighted by molar-refractivity contribution is 6.32. The van der Waals surface area contributed by atoms with Crippen LogP contribution in [-0.2, 0) is 12.8 Å². The minimum absolute atomic E-state index is 0.0858. The molecule has 1 heterocycles. The topological polar surface area (TPSA) is 48.0 Å². The van der Waals surface area contributed by atoms with E-state index >= 15 is 0 Å². The molecule has 90 valence electrons. The van der Waals surface area contributed by atoms with Gasteiger partial charge in [0.2, 0.25) is 0 Å². The number of aromatic nitrogens is 1. The lowest BCUT2D eigenvalue weighted by molar-refractivity contribution is -0.207. The summed E-state index contributed by atoms with van der Waals surface area (Å²) in [5.41, 5.74) is 3.94. The van der Waals surface area contributed by atoms with Crippen molar-refractivity contribution in [3.63, 3.8) is 0 Å². The van der Waals surface area contributed by atoms with Gasteiger partial charge < -0.3 is 5.73 Å². The van der Waals surface area contributed by atoms with Gasteiger partial charge >= 0.3 is 6.30 Å². The van der Waals surface area contributed by atoms with Crippen LogP contribution in [0.2, 0.25) is 5.02 Å². The molecule has 0 unspecified atom stereocenters. The Morgan fingerprint density at radius 2 is 1.88 bits per heavy atom. The van der Waals surface area contributed by atoms with Crippen LogP contribution in [0.1, 0.15) is 16.8 Å². The van der Waals surface area contributed by atoms with Crippen LogP contribution in [0.15, 0.2) is 4.79 Å². The summed E-state index contributed by atoms with van der Waals surface area (Å²) in [6.07, 6.45) is -4.79. The second-order valence-electron chi connectivity index (χ2n) is 3.32. The van der Waals surface area contributed by atoms with Crippen LogP contribution in [0.3, 0.4) is 0 Å². The van der Waals surface area contributed by atoms with Gasteiger partial charge in [0.25, 0.3) is 5.56 Å². The molecular formula is C9H10ClF3N2O. The minimum Gasteiger partial charge on any atom is -0.326 e. The monoisotopic (exact) mass is 254 g/mol. The first kappa shape index (κ1) is 13.1. The van der Waals surface area contributed by atoms with Gasteiger partial charge in [-0.25, -0.2) is 4.57 Å². The molecule has 0 aromatic carbocycles. The molecule has 0 fully saturated rings. The zero-order valence-electron chi connectivity index (χ0n) is 8.65. The van der Waals surface area contributed by atoms with Crippen LogP contribution in [0.4, 0.5) is 13.2 Å². The Kier molecular flexibility index (Phi) is 3.35. The van der Waals surface area contributed by atoms with E-state index in [1.165, 1.54) is 6.92 Å². The number of rotatable bonds is 1. The largest absolute Gasteiger partial charge is 0.491 e. The van der Waals surface area contributed by atoms with Gasteiger partial charge in [-0.1, -0.05) is 11.6 Å². The van der Waals surface area contributed by atoms with Crippen LogP contribution >= 0.6 is 11.6 Å². The molecule has 1 rings (SSSR count). The summed E-state index contributed by atoms with van der Waals surface area (Å²) in [5, 5.41) is -0.0858. The molecule has 0 spiro atoms. The number of pyridine rings is 1. The molecular weight excluding hydrogens is 245 g/mol. The zero-order chi connectivity index (χ0) is 12.7. The molecule has 16 heavy (non-hydrogen) atoms. The van der Waals surface area contributed by atoms with Crippen molar-refractivity contribution in [3.8, 4) is 0 Å². The van der Waals surface area contributed by atoms with Crippen molar-refractivity contribution >= 4 is 11.6 Å². The van der Waals surface area contributed by atoms with Crippen molar-refractivity contribution in [2.45, 2.75) is 26.7 Å². The predicted molar refractivity (Wildman–Crippen MR) is 54.4 cm³/mol. The van der Waals surface area contributed by atoms with Gasteiger partial charge in [-0.05, 0) is 19.4 Å². The Hall–Kier alpha value is -1.01. The van der Waals surface area contributed by atoms with E-state index in [1.807, 2.05) is 0 Å². The molecule has 3 nitrogen and oxygen atoms in total. The Morgan fingerprint density at radius 3 is 2.25 bits per heavy atom. The third kappa shape index (κ3) is 1.94. The number of hydrogen-bond acceptors (Lipinski definition) is 2. The number of halogens is 4. The van der Waals surface area contributed by atoms with Gasteiger partial charge in [0.1, 0.15) is 0 Å². The van der Waals surface area contributed by atoms with Crippen molar-refractivity contribution in [1.82, 2.24) is 4.57 Å². The number of nitrogens with zero attached hydrogens (tertiary/aromatic N) is 1. The number of hydrogen-bond donors (Lipinski definition) is 1. The molecule has 1 aromatic rings. The lowest BCUT2D eigenvalue weighted by Gasteiger charge is -2.17. The molecule has 0 amide bonds. The summed E-state index contributed by atoms with van der Waals surface area (Å²) in [5.74, 6) is 0. The average Bonchev–Trinajstić information content (AvgIpc) is 2.13. The van der Waals surface area contributed by atoms with E-state index in [4.69, 9.17) is 17.3 Å². The molecule has 0 aliphatic heterocycles. The quantitative estimate of drug-likeness (QED) is 0.834. The van der Waals surface area contributed by atoms with Crippen molar-refractivity contribution in [1.29, 1.82) is 0 Å². The summed E-state index contributed by atoms with van der Waals surface area (Å²) in [4.78, 5) is 11.5. The van der Waals surface area contributed by atoms with Crippen LogP contribution in [-0.4, -0.2) is 4.57 Å². The lowest BCUT2D eigenvalue weighted by atomic mass is 10.1. The summed E-state index contributed by atoms with van der Waals surface area (Å²) in [6, 6.07) is 0. The molecule has 1 aromatic heterocycles. The average molecular weight is 255 g/mol. The van der Waals surface area contributed by atoms with Gasteiger partial charge in [-0.3, -0.25) is 4.79 Å². The lowest BCUT2D eigenvalue weighted by Crippen LogP contribution is -2.36. The second kappa shape index (κ2) is 4.10. The Morgan fingerprint density at radius 1 is 1.38 bits per heavy atom. The minimum atomic E-state index is -4.79. The molecule has 0 aliphatic carbocycles. The molecule has 0 saturated carbocycles. The van der Waals surface area contributed by atoms with Gasteiger partial charge in [-0.15, -0.1) is 13.2 Å². The maximum absolute atomic E-state index is 12.6. The molecule has 0 saturated heterocycles. The highest BCUT2D eigenvalue weighted by Gasteiger charge is 2.35. The third-order valence-electron chi connectivity index (χ3n) is 2.35. The Balaban J connectivity index is 3.77. The SMILES string of the molecule is Cc1c(Cl)c(C)n(C(F)(F)F)c(=O)c1CN. The fourth-order valence-electron chi connectivity index (χ4n) is 1.50. The number of alkyl halides is 3. The van der Waals surface area contributed by atoms with E-state index in [1.54, 1.807) is 0 Å². The van der Waals surface area contributed by atoms with Crippen LogP contribution in [0, 0.1) is 13.8 Å². The first-order valence-corrected chi connectivity index (χ1v) is 4.77. The Bertz CT molecular complexity index is 479. The summed E-state index contributed by atoms with van der Waals surface area (Å²) in [6.45, 7) is 2.34. The van der Waals surface area contributed by atoms with E-state index in [-0.39, 0.29) is 27.4 Å². The predicted octanol–water partition coefficient (Wildman–Crippen LogP) is 2.05. The van der Waals surface area contributed by atoms with Gasteiger partial charge in [-0.2, -0.15) is 0 Å². The van der Waals surface area contributed by atoms with E-state index < -0.39 is 11.9 Å².